The van der Waals surface area contributed by atoms with Gasteiger partial charge in [0.2, 0.25) is 0 Å². The van der Waals surface area contributed by atoms with Gasteiger partial charge in [-0.15, -0.1) is 11.3 Å². The van der Waals surface area contributed by atoms with Crippen LogP contribution in [0.4, 0.5) is 0 Å². The van der Waals surface area contributed by atoms with Crippen molar-refractivity contribution in [3.63, 3.8) is 0 Å². The quantitative estimate of drug-likeness (QED) is 0.502. The van der Waals surface area contributed by atoms with Crippen molar-refractivity contribution in [1.29, 1.82) is 0 Å². The lowest BCUT2D eigenvalue weighted by Crippen LogP contribution is -2.48. The molecule has 0 spiro atoms. The molecular formula is C22H31N3O3S2. The Hall–Kier alpha value is -1.90. The highest BCUT2D eigenvalue weighted by Crippen LogP contribution is 2.32. The predicted octanol–water partition coefficient (Wildman–Crippen LogP) is 2.97. The molecule has 1 aliphatic rings. The minimum atomic E-state index is -3.48. The highest BCUT2D eigenvalue weighted by molar-refractivity contribution is 7.93. The van der Waals surface area contributed by atoms with Gasteiger partial charge in [-0.3, -0.25) is 4.99 Å². The third-order valence-electron chi connectivity index (χ3n) is 5.43. The van der Waals surface area contributed by atoms with Gasteiger partial charge in [-0.2, -0.15) is 0 Å². The number of benzene rings is 1. The summed E-state index contributed by atoms with van der Waals surface area (Å²) in [6, 6.07) is 13.9. The maximum atomic E-state index is 12.4. The van der Waals surface area contributed by atoms with Crippen molar-refractivity contribution in [3.8, 4) is 0 Å². The lowest BCUT2D eigenvalue weighted by molar-refractivity contribution is 0.203. The van der Waals surface area contributed by atoms with Crippen LogP contribution in [0.3, 0.4) is 0 Å². The van der Waals surface area contributed by atoms with E-state index < -0.39 is 15.9 Å². The summed E-state index contributed by atoms with van der Waals surface area (Å²) in [6.45, 7) is 6.78. The molecule has 2 aromatic rings. The summed E-state index contributed by atoms with van der Waals surface area (Å²) in [5.74, 6) is 1.41. The van der Waals surface area contributed by atoms with Gasteiger partial charge in [0.1, 0.15) is 4.21 Å². The zero-order chi connectivity index (χ0) is 21.6. The number of likely N-dealkylation sites (tertiary alicyclic amines) is 1. The second-order valence-corrected chi connectivity index (χ2v) is 11.0. The molecule has 0 aliphatic carbocycles. The second-order valence-electron chi connectivity index (χ2n) is 7.79. The van der Waals surface area contributed by atoms with Crippen molar-refractivity contribution in [2.24, 2.45) is 10.9 Å². The van der Waals surface area contributed by atoms with E-state index in [9.17, 15) is 13.5 Å². The summed E-state index contributed by atoms with van der Waals surface area (Å²) in [4.78, 5) is 6.77. The Labute approximate surface area is 183 Å². The fourth-order valence-electron chi connectivity index (χ4n) is 3.98. The van der Waals surface area contributed by atoms with Crippen molar-refractivity contribution in [2.75, 3.05) is 31.9 Å². The molecule has 6 nitrogen and oxygen atoms in total. The summed E-state index contributed by atoms with van der Waals surface area (Å²) in [7, 11) is -3.48. The number of sulfone groups is 1. The van der Waals surface area contributed by atoms with Gasteiger partial charge in [0.25, 0.3) is 0 Å². The highest BCUT2D eigenvalue weighted by atomic mass is 32.2. The van der Waals surface area contributed by atoms with Gasteiger partial charge in [0, 0.05) is 19.6 Å². The third kappa shape index (κ3) is 5.83. The first kappa shape index (κ1) is 22.8. The normalized spacial score (nSPS) is 21.4. The average Bonchev–Trinajstić information content (AvgIpc) is 3.27. The fraction of sp³-hybridized carbons (Fsp3) is 0.500. The summed E-state index contributed by atoms with van der Waals surface area (Å²) < 4.78 is 25.0. The molecule has 1 fully saturated rings. The van der Waals surface area contributed by atoms with Crippen LogP contribution in [0.1, 0.15) is 31.7 Å². The number of nitrogens with zero attached hydrogens (tertiary/aromatic N) is 2. The molecule has 2 N–H and O–H groups in total. The zero-order valence-electron chi connectivity index (χ0n) is 17.6. The van der Waals surface area contributed by atoms with Crippen LogP contribution in [0.25, 0.3) is 0 Å². The van der Waals surface area contributed by atoms with Gasteiger partial charge in [0.05, 0.1) is 18.4 Å². The molecule has 8 heteroatoms. The molecule has 30 heavy (non-hydrogen) atoms. The van der Waals surface area contributed by atoms with Gasteiger partial charge >= 0.3 is 0 Å². The number of aliphatic imine (C=N–C) groups is 1. The standard InChI is InChI=1S/C22H31N3O3S2/c1-3-23-22(24-14-19(26)16-30(27,28)21-10-7-13-29-21)25-12-11-20(17(2)15-25)18-8-5-4-6-9-18/h4-10,13,17,19-20,26H,3,11-12,14-16H2,1-2H3,(H,23,24). The van der Waals surface area contributed by atoms with E-state index >= 15 is 0 Å². The van der Waals surface area contributed by atoms with Crippen molar-refractivity contribution < 1.29 is 13.5 Å². The van der Waals surface area contributed by atoms with E-state index in [0.717, 1.165) is 32.0 Å². The van der Waals surface area contributed by atoms with Gasteiger partial charge in [-0.25, -0.2) is 8.42 Å². The molecule has 3 atom stereocenters. The smallest absolute Gasteiger partial charge is 0.194 e. The first-order valence-corrected chi connectivity index (χ1v) is 13.0. The van der Waals surface area contributed by atoms with E-state index in [2.05, 4.69) is 46.4 Å². The number of hydrogen-bond donors (Lipinski definition) is 2. The lowest BCUT2D eigenvalue weighted by atomic mass is 9.82. The van der Waals surface area contributed by atoms with Crippen molar-refractivity contribution in [1.82, 2.24) is 10.2 Å². The van der Waals surface area contributed by atoms with E-state index in [4.69, 9.17) is 0 Å². The van der Waals surface area contributed by atoms with Crippen LogP contribution in [0, 0.1) is 5.92 Å². The van der Waals surface area contributed by atoms with E-state index in [-0.39, 0.29) is 16.5 Å². The van der Waals surface area contributed by atoms with E-state index in [1.54, 1.807) is 17.5 Å². The molecule has 0 bridgehead atoms. The predicted molar refractivity (Wildman–Crippen MR) is 123 cm³/mol. The summed E-state index contributed by atoms with van der Waals surface area (Å²) in [6.07, 6.45) is -0.00436. The Morgan fingerprint density at radius 3 is 2.70 bits per heavy atom. The molecule has 2 heterocycles. The molecule has 164 valence electrons. The SMILES string of the molecule is CCNC(=NCC(O)CS(=O)(=O)c1cccs1)N1CCC(c2ccccc2)C(C)C1. The number of aliphatic hydroxyl groups is 1. The second kappa shape index (κ2) is 10.4. The van der Waals surface area contributed by atoms with Crippen LogP contribution >= 0.6 is 11.3 Å². The van der Waals surface area contributed by atoms with E-state index in [1.165, 1.54) is 16.9 Å². The Morgan fingerprint density at radius 1 is 1.30 bits per heavy atom. The average molecular weight is 450 g/mol. The Bertz CT molecular complexity index is 914. The number of hydrogen-bond acceptors (Lipinski definition) is 5. The number of piperidine rings is 1. The number of thiophene rings is 1. The summed E-state index contributed by atoms with van der Waals surface area (Å²) >= 11 is 1.17. The molecule has 1 saturated heterocycles. The van der Waals surface area contributed by atoms with Crippen LogP contribution in [-0.2, 0) is 9.84 Å². The van der Waals surface area contributed by atoms with Crippen LogP contribution in [0.2, 0.25) is 0 Å². The maximum absolute atomic E-state index is 12.4. The van der Waals surface area contributed by atoms with Crippen LogP contribution in [0.5, 0.6) is 0 Å². The maximum Gasteiger partial charge on any atom is 0.194 e. The van der Waals surface area contributed by atoms with Gasteiger partial charge in [0.15, 0.2) is 15.8 Å². The Kier molecular flexibility index (Phi) is 7.91. The van der Waals surface area contributed by atoms with Crippen LogP contribution < -0.4 is 5.32 Å². The minimum absolute atomic E-state index is 0.0555. The monoisotopic (exact) mass is 449 g/mol. The molecule has 3 unspecified atom stereocenters. The minimum Gasteiger partial charge on any atom is -0.390 e. The number of rotatable bonds is 7. The third-order valence-corrected chi connectivity index (χ3v) is 8.72. The molecule has 1 aliphatic heterocycles. The molecule has 1 aromatic carbocycles. The largest absolute Gasteiger partial charge is 0.390 e. The molecule has 0 radical (unpaired) electrons. The summed E-state index contributed by atoms with van der Waals surface area (Å²) in [5.41, 5.74) is 1.38. The number of aliphatic hydroxyl groups excluding tert-OH is 1. The van der Waals surface area contributed by atoms with E-state index in [1.807, 2.05) is 13.0 Å². The molecule has 1 aromatic heterocycles. The first-order chi connectivity index (χ1) is 14.4. The van der Waals surface area contributed by atoms with Crippen LogP contribution in [0.15, 0.2) is 57.0 Å². The van der Waals surface area contributed by atoms with E-state index in [0.29, 0.717) is 11.8 Å². The molecule has 3 rings (SSSR count). The van der Waals surface area contributed by atoms with Gasteiger partial charge in [-0.05, 0) is 42.2 Å². The zero-order valence-corrected chi connectivity index (χ0v) is 19.2. The molecular weight excluding hydrogens is 418 g/mol. The Balaban J connectivity index is 1.62. The number of nitrogens with one attached hydrogen (secondary N) is 1. The topological polar surface area (TPSA) is 82.0 Å². The first-order valence-electron chi connectivity index (χ1n) is 10.4. The number of guanidine groups is 1. The summed E-state index contributed by atoms with van der Waals surface area (Å²) in [5, 5.41) is 15.3. The van der Waals surface area contributed by atoms with Crippen molar-refractivity contribution in [2.45, 2.75) is 36.5 Å². The fourth-order valence-corrected chi connectivity index (χ4v) is 6.45. The molecule has 0 amide bonds. The van der Waals surface area contributed by atoms with Crippen molar-refractivity contribution in [3.05, 3.63) is 53.4 Å². The van der Waals surface area contributed by atoms with Crippen molar-refractivity contribution >= 4 is 27.1 Å². The van der Waals surface area contributed by atoms with Gasteiger partial charge < -0.3 is 15.3 Å². The lowest BCUT2D eigenvalue weighted by Gasteiger charge is -2.39. The Morgan fingerprint density at radius 2 is 2.07 bits per heavy atom. The molecule has 0 saturated carbocycles. The van der Waals surface area contributed by atoms with Crippen LogP contribution in [-0.4, -0.2) is 62.4 Å². The highest BCUT2D eigenvalue weighted by Gasteiger charge is 2.29. The van der Waals surface area contributed by atoms with Gasteiger partial charge in [-0.1, -0.05) is 43.3 Å².